The van der Waals surface area contributed by atoms with Gasteiger partial charge in [0, 0.05) is 17.0 Å². The van der Waals surface area contributed by atoms with Gasteiger partial charge in [-0.05, 0) is 50.9 Å². The summed E-state index contributed by atoms with van der Waals surface area (Å²) in [6, 6.07) is 5.48. The lowest BCUT2D eigenvalue weighted by molar-refractivity contribution is 0.0207. The molecule has 0 bridgehead atoms. The average Bonchev–Trinajstić information content (AvgIpc) is 3.35. The Balaban J connectivity index is 0.00000182. The van der Waals surface area contributed by atoms with Crippen molar-refractivity contribution in [1.29, 1.82) is 0 Å². The van der Waals surface area contributed by atoms with Crippen LogP contribution in [0.4, 0.5) is 0 Å². The van der Waals surface area contributed by atoms with E-state index in [2.05, 4.69) is 10.5 Å². The molecule has 4 rings (SSSR count). The topological polar surface area (TPSA) is 47.3 Å². The number of piperidine rings is 1. The lowest BCUT2D eigenvalue weighted by Gasteiger charge is -2.23. The Morgan fingerprint density at radius 2 is 1.80 bits per heavy atom. The SMILES string of the molecule is Cl.Clc1cccc(Cl)c1-c1noc(C2CC2)c1COC1CCNCC1. The lowest BCUT2D eigenvalue weighted by atomic mass is 10.0. The van der Waals surface area contributed by atoms with Gasteiger partial charge in [0.1, 0.15) is 11.5 Å². The Hall–Kier alpha value is -0.780. The van der Waals surface area contributed by atoms with Gasteiger partial charge < -0.3 is 14.6 Å². The third-order valence-corrected chi connectivity index (χ3v) is 5.35. The summed E-state index contributed by atoms with van der Waals surface area (Å²) in [5.41, 5.74) is 2.47. The molecule has 136 valence electrons. The minimum Gasteiger partial charge on any atom is -0.373 e. The summed E-state index contributed by atoms with van der Waals surface area (Å²) in [4.78, 5) is 0. The minimum atomic E-state index is 0. The van der Waals surface area contributed by atoms with Crippen LogP contribution in [0.5, 0.6) is 0 Å². The molecule has 1 saturated carbocycles. The van der Waals surface area contributed by atoms with Crippen LogP contribution in [-0.2, 0) is 11.3 Å². The monoisotopic (exact) mass is 402 g/mol. The number of halogens is 3. The molecule has 4 nitrogen and oxygen atoms in total. The molecule has 1 aromatic heterocycles. The highest BCUT2D eigenvalue weighted by Gasteiger charge is 2.33. The van der Waals surface area contributed by atoms with Gasteiger partial charge in [0.25, 0.3) is 0 Å². The van der Waals surface area contributed by atoms with Crippen molar-refractivity contribution in [2.75, 3.05) is 13.1 Å². The van der Waals surface area contributed by atoms with Crippen molar-refractivity contribution >= 4 is 35.6 Å². The van der Waals surface area contributed by atoms with Gasteiger partial charge in [-0.2, -0.15) is 0 Å². The molecule has 2 aromatic rings. The fourth-order valence-corrected chi connectivity index (χ4v) is 3.79. The van der Waals surface area contributed by atoms with Crippen LogP contribution in [0.15, 0.2) is 22.7 Å². The Morgan fingerprint density at radius 3 is 2.44 bits per heavy atom. The highest BCUT2D eigenvalue weighted by atomic mass is 35.5. The molecule has 2 aliphatic rings. The highest BCUT2D eigenvalue weighted by molar-refractivity contribution is 6.39. The Bertz CT molecular complexity index is 705. The largest absolute Gasteiger partial charge is 0.373 e. The third-order valence-electron chi connectivity index (χ3n) is 4.72. The maximum atomic E-state index is 6.37. The van der Waals surface area contributed by atoms with Crippen LogP contribution in [0.25, 0.3) is 11.3 Å². The van der Waals surface area contributed by atoms with Crippen molar-refractivity contribution in [1.82, 2.24) is 10.5 Å². The fourth-order valence-electron chi connectivity index (χ4n) is 3.21. The van der Waals surface area contributed by atoms with Gasteiger partial charge in [-0.1, -0.05) is 34.4 Å². The number of rotatable bonds is 5. The summed E-state index contributed by atoms with van der Waals surface area (Å²) in [7, 11) is 0. The number of nitrogens with one attached hydrogen (secondary N) is 1. The van der Waals surface area contributed by atoms with Crippen LogP contribution in [0.1, 0.15) is 42.9 Å². The average molecular weight is 404 g/mol. The first kappa shape index (κ1) is 19.0. The summed E-state index contributed by atoms with van der Waals surface area (Å²) in [6.07, 6.45) is 4.64. The van der Waals surface area contributed by atoms with Crippen molar-refractivity contribution in [2.24, 2.45) is 0 Å². The first-order valence-electron chi connectivity index (χ1n) is 8.49. The van der Waals surface area contributed by atoms with E-state index in [-0.39, 0.29) is 18.5 Å². The summed E-state index contributed by atoms with van der Waals surface area (Å²) in [5, 5.41) is 8.82. The molecular weight excluding hydrogens is 383 g/mol. The van der Waals surface area contributed by atoms with Crippen molar-refractivity contribution < 1.29 is 9.26 Å². The van der Waals surface area contributed by atoms with Crippen molar-refractivity contribution in [3.8, 4) is 11.3 Å². The third kappa shape index (κ3) is 4.15. The fraction of sp³-hybridized carbons (Fsp3) is 0.500. The van der Waals surface area contributed by atoms with Crippen LogP contribution in [0.2, 0.25) is 10.0 Å². The molecule has 0 unspecified atom stereocenters. The van der Waals surface area contributed by atoms with E-state index < -0.39 is 0 Å². The van der Waals surface area contributed by atoms with E-state index in [9.17, 15) is 0 Å². The molecule has 0 radical (unpaired) electrons. The molecule has 7 heteroatoms. The number of ether oxygens (including phenoxy) is 1. The van der Waals surface area contributed by atoms with Crippen molar-refractivity contribution in [3.05, 3.63) is 39.6 Å². The van der Waals surface area contributed by atoms with Crippen molar-refractivity contribution in [3.63, 3.8) is 0 Å². The normalized spacial score (nSPS) is 18.2. The molecular formula is C18H21Cl3N2O2. The van der Waals surface area contributed by atoms with Gasteiger partial charge in [0.15, 0.2) is 0 Å². The van der Waals surface area contributed by atoms with Crippen LogP contribution >= 0.6 is 35.6 Å². The van der Waals surface area contributed by atoms with Crippen LogP contribution in [0, 0.1) is 0 Å². The van der Waals surface area contributed by atoms with Gasteiger partial charge in [0.2, 0.25) is 0 Å². The van der Waals surface area contributed by atoms with Gasteiger partial charge in [-0.15, -0.1) is 12.4 Å². The van der Waals surface area contributed by atoms with Gasteiger partial charge in [0.05, 0.1) is 22.8 Å². The minimum absolute atomic E-state index is 0. The zero-order valence-electron chi connectivity index (χ0n) is 13.8. The predicted octanol–water partition coefficient (Wildman–Crippen LogP) is 5.22. The standard InChI is InChI=1S/C18H20Cl2N2O2.ClH/c19-14-2-1-3-15(20)16(14)17-13(18(24-22-17)11-4-5-11)10-23-12-6-8-21-9-7-12;/h1-3,11-12,21H,4-10H2;1H. The number of hydrogen-bond donors (Lipinski definition) is 1. The van der Waals surface area contributed by atoms with E-state index in [0.717, 1.165) is 61.4 Å². The summed E-state index contributed by atoms with van der Waals surface area (Å²) >= 11 is 12.7. The highest BCUT2D eigenvalue weighted by Crippen LogP contribution is 2.46. The van der Waals surface area contributed by atoms with Crippen LogP contribution in [-0.4, -0.2) is 24.4 Å². The molecule has 0 spiro atoms. The van der Waals surface area contributed by atoms with E-state index in [1.54, 1.807) is 0 Å². The second kappa shape index (κ2) is 8.28. The molecule has 1 aliphatic carbocycles. The number of aromatic nitrogens is 1. The zero-order valence-corrected chi connectivity index (χ0v) is 16.1. The van der Waals surface area contributed by atoms with Gasteiger partial charge in [-0.3, -0.25) is 0 Å². The van der Waals surface area contributed by atoms with E-state index in [1.807, 2.05) is 18.2 Å². The van der Waals surface area contributed by atoms with E-state index in [0.29, 0.717) is 22.6 Å². The quantitative estimate of drug-likeness (QED) is 0.744. The van der Waals surface area contributed by atoms with Crippen molar-refractivity contribution in [2.45, 2.75) is 44.3 Å². The molecule has 2 heterocycles. The first-order valence-corrected chi connectivity index (χ1v) is 9.24. The van der Waals surface area contributed by atoms with Gasteiger partial charge in [-0.25, -0.2) is 0 Å². The second-order valence-electron chi connectivity index (χ2n) is 6.51. The smallest absolute Gasteiger partial charge is 0.145 e. The molecule has 0 amide bonds. The van der Waals surface area contributed by atoms with Crippen LogP contribution in [0.3, 0.4) is 0 Å². The summed E-state index contributed by atoms with van der Waals surface area (Å²) in [5.74, 6) is 1.40. The second-order valence-corrected chi connectivity index (χ2v) is 7.32. The maximum absolute atomic E-state index is 6.37. The molecule has 2 fully saturated rings. The number of nitrogens with zero attached hydrogens (tertiary/aromatic N) is 1. The molecule has 1 aliphatic heterocycles. The number of hydrogen-bond acceptors (Lipinski definition) is 4. The van der Waals surface area contributed by atoms with E-state index in [4.69, 9.17) is 32.5 Å². The van der Waals surface area contributed by atoms with E-state index in [1.165, 1.54) is 0 Å². The molecule has 25 heavy (non-hydrogen) atoms. The molecule has 1 aromatic carbocycles. The Kier molecular flexibility index (Phi) is 6.29. The predicted molar refractivity (Wildman–Crippen MR) is 102 cm³/mol. The molecule has 1 saturated heterocycles. The van der Waals surface area contributed by atoms with Crippen LogP contribution < -0.4 is 5.32 Å². The zero-order chi connectivity index (χ0) is 16.5. The van der Waals surface area contributed by atoms with E-state index >= 15 is 0 Å². The summed E-state index contributed by atoms with van der Waals surface area (Å²) in [6.45, 7) is 2.51. The summed E-state index contributed by atoms with van der Waals surface area (Å²) < 4.78 is 11.8. The Morgan fingerprint density at radius 1 is 1.12 bits per heavy atom. The van der Waals surface area contributed by atoms with Gasteiger partial charge >= 0.3 is 0 Å². The lowest BCUT2D eigenvalue weighted by Crippen LogP contribution is -2.32. The number of benzene rings is 1. The molecule has 0 atom stereocenters. The first-order chi connectivity index (χ1) is 11.7. The molecule has 1 N–H and O–H groups in total. The maximum Gasteiger partial charge on any atom is 0.145 e. The Labute approximate surface area is 163 Å².